The van der Waals surface area contributed by atoms with E-state index in [1.54, 1.807) is 18.2 Å². The molecule has 2 atom stereocenters. The van der Waals surface area contributed by atoms with Gasteiger partial charge in [0.05, 0.1) is 18.8 Å². The van der Waals surface area contributed by atoms with Crippen LogP contribution >= 0.6 is 0 Å². The second-order valence-corrected chi connectivity index (χ2v) is 6.35. The van der Waals surface area contributed by atoms with E-state index in [9.17, 15) is 9.18 Å². The van der Waals surface area contributed by atoms with E-state index in [-0.39, 0.29) is 29.6 Å². The van der Waals surface area contributed by atoms with Crippen LogP contribution in [-0.4, -0.2) is 41.3 Å². The van der Waals surface area contributed by atoms with E-state index in [1.807, 2.05) is 4.90 Å². The zero-order chi connectivity index (χ0) is 16.5. The summed E-state index contributed by atoms with van der Waals surface area (Å²) in [4.78, 5) is 14.7. The zero-order valence-electron chi connectivity index (χ0n) is 13.3. The molecule has 2 aromatic rings. The van der Waals surface area contributed by atoms with E-state index in [4.69, 9.17) is 9.26 Å². The summed E-state index contributed by atoms with van der Waals surface area (Å²) in [6.07, 6.45) is 4.34. The largest absolute Gasteiger partial charge is 0.374 e. The molecular formula is C18H19FN2O3. The standard InChI is InChI=1S/C18H19FN2O3/c19-13-5-3-4-12(10-13)14-11-17(24-20-14)18(22)21-8-9-23-16-7-2-1-6-15(16)21/h3-5,10-11,15-16H,1-2,6-9H2/t15-,16-/m1/s1. The van der Waals surface area contributed by atoms with Crippen LogP contribution in [0.2, 0.25) is 0 Å². The first-order valence-electron chi connectivity index (χ1n) is 8.37. The Kier molecular flexibility index (Phi) is 4.06. The number of carbonyl (C=O) groups is 1. The molecule has 1 aromatic carbocycles. The van der Waals surface area contributed by atoms with Crippen molar-refractivity contribution in [1.29, 1.82) is 0 Å². The summed E-state index contributed by atoms with van der Waals surface area (Å²) in [5.41, 5.74) is 1.06. The molecule has 1 aliphatic heterocycles. The second-order valence-electron chi connectivity index (χ2n) is 6.35. The predicted molar refractivity (Wildman–Crippen MR) is 84.9 cm³/mol. The molecule has 0 spiro atoms. The molecule has 1 aliphatic carbocycles. The quantitative estimate of drug-likeness (QED) is 0.848. The van der Waals surface area contributed by atoms with Crippen LogP contribution in [0.1, 0.15) is 36.2 Å². The van der Waals surface area contributed by atoms with Crippen molar-refractivity contribution in [2.75, 3.05) is 13.2 Å². The molecular weight excluding hydrogens is 311 g/mol. The Morgan fingerprint density at radius 1 is 1.25 bits per heavy atom. The van der Waals surface area contributed by atoms with Crippen molar-refractivity contribution in [3.05, 3.63) is 41.9 Å². The SMILES string of the molecule is O=C(c1cc(-c2cccc(F)c2)no1)N1CCO[C@@H]2CCCC[C@H]21. The molecule has 0 bridgehead atoms. The molecule has 4 rings (SSSR count). The number of carbonyl (C=O) groups excluding carboxylic acids is 1. The van der Waals surface area contributed by atoms with Gasteiger partial charge in [0, 0.05) is 18.2 Å². The molecule has 2 fully saturated rings. The zero-order valence-corrected chi connectivity index (χ0v) is 13.3. The lowest BCUT2D eigenvalue weighted by Crippen LogP contribution is -2.54. The lowest BCUT2D eigenvalue weighted by atomic mass is 9.90. The number of hydrogen-bond donors (Lipinski definition) is 0. The van der Waals surface area contributed by atoms with E-state index in [0.717, 1.165) is 25.7 Å². The summed E-state index contributed by atoms with van der Waals surface area (Å²) in [5, 5.41) is 3.93. The van der Waals surface area contributed by atoms with Crippen molar-refractivity contribution in [1.82, 2.24) is 10.1 Å². The molecule has 0 N–H and O–H groups in total. The van der Waals surface area contributed by atoms with Gasteiger partial charge in [-0.3, -0.25) is 4.79 Å². The maximum atomic E-state index is 13.3. The third kappa shape index (κ3) is 2.82. The van der Waals surface area contributed by atoms with Crippen molar-refractivity contribution < 1.29 is 18.4 Å². The molecule has 1 saturated heterocycles. The Morgan fingerprint density at radius 2 is 2.12 bits per heavy atom. The Hall–Kier alpha value is -2.21. The minimum atomic E-state index is -0.346. The van der Waals surface area contributed by atoms with E-state index in [1.165, 1.54) is 12.1 Å². The molecule has 2 heterocycles. The molecule has 1 saturated carbocycles. The molecule has 1 amide bonds. The van der Waals surface area contributed by atoms with Gasteiger partial charge in [-0.25, -0.2) is 4.39 Å². The van der Waals surface area contributed by atoms with Crippen molar-refractivity contribution in [3.63, 3.8) is 0 Å². The average Bonchev–Trinajstić information content (AvgIpc) is 3.11. The number of nitrogens with zero attached hydrogens (tertiary/aromatic N) is 2. The maximum absolute atomic E-state index is 13.3. The summed E-state index contributed by atoms with van der Waals surface area (Å²) < 4.78 is 24.4. The van der Waals surface area contributed by atoms with E-state index >= 15 is 0 Å². The number of fused-ring (bicyclic) bond motifs is 1. The highest BCUT2D eigenvalue weighted by molar-refractivity contribution is 5.92. The van der Waals surface area contributed by atoms with Gasteiger partial charge in [-0.15, -0.1) is 0 Å². The van der Waals surface area contributed by atoms with Crippen LogP contribution < -0.4 is 0 Å². The van der Waals surface area contributed by atoms with Gasteiger partial charge in [0.25, 0.3) is 5.91 Å². The fourth-order valence-electron chi connectivity index (χ4n) is 3.65. The summed E-state index contributed by atoms with van der Waals surface area (Å²) in [7, 11) is 0. The molecule has 2 aliphatic rings. The van der Waals surface area contributed by atoms with Gasteiger partial charge in [-0.05, 0) is 25.0 Å². The Balaban J connectivity index is 1.56. The highest BCUT2D eigenvalue weighted by Crippen LogP contribution is 2.30. The number of ether oxygens (including phenoxy) is 1. The van der Waals surface area contributed by atoms with Gasteiger partial charge in [0.1, 0.15) is 11.5 Å². The lowest BCUT2D eigenvalue weighted by Gasteiger charge is -2.43. The number of aromatic nitrogens is 1. The summed E-state index contributed by atoms with van der Waals surface area (Å²) in [5.74, 6) is -0.313. The van der Waals surface area contributed by atoms with E-state index in [0.29, 0.717) is 24.4 Å². The minimum Gasteiger partial charge on any atom is -0.374 e. The Bertz CT molecular complexity index is 743. The van der Waals surface area contributed by atoms with Gasteiger partial charge in [0.15, 0.2) is 0 Å². The Morgan fingerprint density at radius 3 is 3.00 bits per heavy atom. The normalized spacial score (nSPS) is 23.8. The van der Waals surface area contributed by atoms with Crippen molar-refractivity contribution in [2.24, 2.45) is 0 Å². The first-order chi connectivity index (χ1) is 11.7. The van der Waals surface area contributed by atoms with Gasteiger partial charge in [-0.2, -0.15) is 0 Å². The third-order valence-electron chi connectivity index (χ3n) is 4.83. The van der Waals surface area contributed by atoms with Crippen LogP contribution in [0.5, 0.6) is 0 Å². The van der Waals surface area contributed by atoms with Crippen LogP contribution in [0.15, 0.2) is 34.9 Å². The van der Waals surface area contributed by atoms with Gasteiger partial charge < -0.3 is 14.2 Å². The van der Waals surface area contributed by atoms with Crippen molar-refractivity contribution in [3.8, 4) is 11.3 Å². The fraction of sp³-hybridized carbons (Fsp3) is 0.444. The fourth-order valence-corrected chi connectivity index (χ4v) is 3.65. The summed E-state index contributed by atoms with van der Waals surface area (Å²) in [6, 6.07) is 7.79. The lowest BCUT2D eigenvalue weighted by molar-refractivity contribution is -0.0760. The summed E-state index contributed by atoms with van der Waals surface area (Å²) in [6.45, 7) is 1.12. The number of benzene rings is 1. The third-order valence-corrected chi connectivity index (χ3v) is 4.83. The average molecular weight is 330 g/mol. The Labute approximate surface area is 139 Å². The van der Waals surface area contributed by atoms with E-state index < -0.39 is 0 Å². The van der Waals surface area contributed by atoms with Crippen LogP contribution in [0, 0.1) is 5.82 Å². The number of rotatable bonds is 2. The first-order valence-corrected chi connectivity index (χ1v) is 8.37. The predicted octanol–water partition coefficient (Wildman–Crippen LogP) is 3.26. The highest BCUT2D eigenvalue weighted by atomic mass is 19.1. The molecule has 24 heavy (non-hydrogen) atoms. The van der Waals surface area contributed by atoms with Gasteiger partial charge in [0.2, 0.25) is 5.76 Å². The molecule has 126 valence electrons. The van der Waals surface area contributed by atoms with Crippen LogP contribution in [0.3, 0.4) is 0 Å². The molecule has 0 radical (unpaired) electrons. The number of hydrogen-bond acceptors (Lipinski definition) is 4. The number of halogens is 1. The monoisotopic (exact) mass is 330 g/mol. The van der Waals surface area contributed by atoms with Gasteiger partial charge >= 0.3 is 0 Å². The number of amides is 1. The van der Waals surface area contributed by atoms with E-state index in [2.05, 4.69) is 5.16 Å². The molecule has 6 heteroatoms. The van der Waals surface area contributed by atoms with Gasteiger partial charge in [-0.1, -0.05) is 30.1 Å². The second kappa shape index (κ2) is 6.36. The highest BCUT2D eigenvalue weighted by Gasteiger charge is 2.38. The van der Waals surface area contributed by atoms with Crippen LogP contribution in [0.25, 0.3) is 11.3 Å². The van der Waals surface area contributed by atoms with Crippen LogP contribution in [0.4, 0.5) is 4.39 Å². The van der Waals surface area contributed by atoms with Crippen molar-refractivity contribution >= 4 is 5.91 Å². The maximum Gasteiger partial charge on any atom is 0.292 e. The molecule has 0 unspecified atom stereocenters. The number of morpholine rings is 1. The summed E-state index contributed by atoms with van der Waals surface area (Å²) >= 11 is 0. The van der Waals surface area contributed by atoms with Crippen LogP contribution in [-0.2, 0) is 4.74 Å². The molecule has 5 nitrogen and oxygen atoms in total. The minimum absolute atomic E-state index is 0.114. The molecule has 1 aromatic heterocycles. The topological polar surface area (TPSA) is 55.6 Å². The first kappa shape index (κ1) is 15.3. The smallest absolute Gasteiger partial charge is 0.292 e. The van der Waals surface area contributed by atoms with Crippen molar-refractivity contribution in [2.45, 2.75) is 37.8 Å².